The van der Waals surface area contributed by atoms with Crippen LogP contribution in [0.25, 0.3) is 11.3 Å². The van der Waals surface area contributed by atoms with Gasteiger partial charge in [-0.1, -0.05) is 51.7 Å². The minimum absolute atomic E-state index is 0.0445. The highest BCUT2D eigenvalue weighted by atomic mass is 19.3. The number of Topliss-reactive ketones (excluding diaryl/α,β-unsaturated/α-hetero) is 1. The van der Waals surface area contributed by atoms with Crippen molar-refractivity contribution in [2.45, 2.75) is 116 Å². The molecule has 1 amide bonds. The van der Waals surface area contributed by atoms with Gasteiger partial charge in [0.15, 0.2) is 0 Å². The lowest BCUT2D eigenvalue weighted by Crippen LogP contribution is -2.47. The van der Waals surface area contributed by atoms with Gasteiger partial charge >= 0.3 is 0 Å². The number of benzene rings is 2. The minimum atomic E-state index is -2.67. The number of amides is 1. The average Bonchev–Trinajstić information content (AvgIpc) is 3.76. The summed E-state index contributed by atoms with van der Waals surface area (Å²) >= 11 is 0. The Labute approximate surface area is 303 Å². The van der Waals surface area contributed by atoms with Gasteiger partial charge in [-0.3, -0.25) is 14.6 Å². The van der Waals surface area contributed by atoms with Crippen molar-refractivity contribution in [1.29, 1.82) is 0 Å². The van der Waals surface area contributed by atoms with Crippen LogP contribution >= 0.6 is 0 Å². The maximum Gasteiger partial charge on any atom is 0.248 e. The number of hydrogen-bond acceptors (Lipinski definition) is 4. The molecule has 2 atom stereocenters. The summed E-state index contributed by atoms with van der Waals surface area (Å²) in [5.41, 5.74) is 6.20. The van der Waals surface area contributed by atoms with Gasteiger partial charge < -0.3 is 10.3 Å². The molecule has 10 heteroatoms. The summed E-state index contributed by atoms with van der Waals surface area (Å²) in [5.74, 6) is 1.17. The van der Waals surface area contributed by atoms with Crippen molar-refractivity contribution in [3.8, 4) is 23.1 Å². The van der Waals surface area contributed by atoms with E-state index in [1.807, 2.05) is 70.2 Å². The van der Waals surface area contributed by atoms with Gasteiger partial charge in [0.1, 0.15) is 11.6 Å². The molecule has 2 heterocycles. The number of nitrogens with zero attached hydrogens (tertiary/aromatic N) is 2. The summed E-state index contributed by atoms with van der Waals surface area (Å²) < 4.78 is 54.5. The second-order valence-corrected chi connectivity index (χ2v) is 15.6. The van der Waals surface area contributed by atoms with Crippen molar-refractivity contribution in [2.75, 3.05) is 0 Å². The minimum Gasteiger partial charge on any atom is -0.348 e. The summed E-state index contributed by atoms with van der Waals surface area (Å²) in [6, 6.07) is 13.5. The summed E-state index contributed by atoms with van der Waals surface area (Å²) in [5, 5.41) is 3.12. The Morgan fingerprint density at radius 3 is 2.06 bits per heavy atom. The van der Waals surface area contributed by atoms with E-state index in [0.29, 0.717) is 6.42 Å². The van der Waals surface area contributed by atoms with Crippen LogP contribution < -0.4 is 5.32 Å². The van der Waals surface area contributed by atoms with Crippen molar-refractivity contribution in [3.05, 3.63) is 71.2 Å². The lowest BCUT2D eigenvalue weighted by Gasteiger charge is -2.30. The molecule has 2 saturated carbocycles. The number of aromatic nitrogens is 2. The summed E-state index contributed by atoms with van der Waals surface area (Å²) in [4.78, 5) is 38.9. The maximum absolute atomic E-state index is 13.6. The number of ketones is 1. The number of H-pyrrole nitrogens is 1. The second kappa shape index (κ2) is 15.4. The van der Waals surface area contributed by atoms with Gasteiger partial charge in [-0.15, -0.1) is 0 Å². The zero-order chi connectivity index (χ0) is 37.2. The first kappa shape index (κ1) is 37.5. The number of hydrogen-bond donors (Lipinski definition) is 2. The molecule has 2 aliphatic carbocycles. The third-order valence-corrected chi connectivity index (χ3v) is 11.0. The van der Waals surface area contributed by atoms with Crippen molar-refractivity contribution < 1.29 is 27.2 Å². The summed E-state index contributed by atoms with van der Waals surface area (Å²) in [7, 11) is 0. The van der Waals surface area contributed by atoms with Crippen molar-refractivity contribution >= 4 is 23.1 Å². The second-order valence-electron chi connectivity index (χ2n) is 15.6. The molecule has 0 saturated heterocycles. The highest BCUT2D eigenvalue weighted by Crippen LogP contribution is 2.39. The monoisotopic (exact) mass is 716 g/mol. The number of carbonyl (C=O) groups excluding carboxylic acids is 2. The first-order chi connectivity index (χ1) is 24.7. The van der Waals surface area contributed by atoms with E-state index in [1.54, 1.807) is 6.20 Å². The van der Waals surface area contributed by atoms with Gasteiger partial charge in [0.05, 0.1) is 23.6 Å². The SMILES string of the molecule is CC(C)[C@H](NC(=O)C1CCC(F)(F)CC1)C1=Nc2ccc(C#Cc3ccc(-c4cnc([C@@H](CC(=O)C5CCC(F)(F)CC5)C(C)C)[nH]4)cc3)cc2C1. The van der Waals surface area contributed by atoms with E-state index in [9.17, 15) is 27.2 Å². The number of aromatic amines is 1. The van der Waals surface area contributed by atoms with Crippen LogP contribution in [0.4, 0.5) is 23.2 Å². The lowest BCUT2D eigenvalue weighted by molar-refractivity contribution is -0.130. The predicted octanol–water partition coefficient (Wildman–Crippen LogP) is 9.60. The van der Waals surface area contributed by atoms with Gasteiger partial charge in [0, 0.05) is 73.1 Å². The highest BCUT2D eigenvalue weighted by Gasteiger charge is 2.39. The number of carbonyl (C=O) groups is 2. The molecule has 1 aromatic heterocycles. The fraction of sp³-hybridized carbons (Fsp3) is 0.524. The fourth-order valence-electron chi connectivity index (χ4n) is 7.63. The van der Waals surface area contributed by atoms with Gasteiger partial charge in [-0.2, -0.15) is 0 Å². The third-order valence-electron chi connectivity index (χ3n) is 11.0. The molecule has 6 nitrogen and oxygen atoms in total. The number of imidazole rings is 1. The Morgan fingerprint density at radius 2 is 1.44 bits per heavy atom. The molecule has 0 bridgehead atoms. The number of rotatable bonds is 10. The largest absolute Gasteiger partial charge is 0.348 e. The molecule has 0 radical (unpaired) electrons. The molecule has 2 aromatic carbocycles. The van der Waals surface area contributed by atoms with Crippen molar-refractivity contribution in [2.24, 2.45) is 28.7 Å². The Kier molecular flexibility index (Phi) is 11.1. The van der Waals surface area contributed by atoms with Crippen LogP contribution in [0, 0.1) is 35.5 Å². The van der Waals surface area contributed by atoms with Gasteiger partial charge in [-0.25, -0.2) is 22.5 Å². The fourth-order valence-corrected chi connectivity index (χ4v) is 7.63. The molecule has 0 spiro atoms. The standard InChI is InChI=1S/C42H48F4N4O2/c1-25(2)33(23-37(51)30-13-17-41(43,44)18-14-30)39-47-24-36(49-39)29-10-7-27(8-11-29)5-6-28-9-12-34-32(21-28)22-35(48-34)38(26(3)4)50-40(52)31-15-19-42(45,46)20-16-31/h7-12,21,24-26,30-31,33,38H,13-20,22-23H2,1-4H3,(H,47,49)(H,50,52)/t33-,38-/m0/s1. The Hall–Kier alpha value is -4.26. The van der Waals surface area contributed by atoms with Crippen LogP contribution in [0.15, 0.2) is 53.7 Å². The average molecular weight is 717 g/mol. The molecule has 276 valence electrons. The molecule has 6 rings (SSSR count). The van der Waals surface area contributed by atoms with Crippen LogP contribution in [0.3, 0.4) is 0 Å². The third kappa shape index (κ3) is 9.02. The van der Waals surface area contributed by atoms with E-state index in [-0.39, 0.29) is 99.2 Å². The van der Waals surface area contributed by atoms with E-state index in [4.69, 9.17) is 4.99 Å². The zero-order valence-electron chi connectivity index (χ0n) is 30.4. The predicted molar refractivity (Wildman–Crippen MR) is 195 cm³/mol. The number of aliphatic imine (C=N–C) groups is 1. The quantitative estimate of drug-likeness (QED) is 0.162. The molecular weight excluding hydrogens is 668 g/mol. The zero-order valence-corrected chi connectivity index (χ0v) is 30.4. The van der Waals surface area contributed by atoms with E-state index >= 15 is 0 Å². The number of alkyl halides is 4. The normalized spacial score (nSPS) is 19.8. The molecule has 3 aromatic rings. The maximum atomic E-state index is 13.6. The number of fused-ring (bicyclic) bond motifs is 1. The topological polar surface area (TPSA) is 87.2 Å². The molecule has 2 N–H and O–H groups in total. The van der Waals surface area contributed by atoms with Gasteiger partial charge in [0.2, 0.25) is 17.8 Å². The molecule has 1 aliphatic heterocycles. The van der Waals surface area contributed by atoms with E-state index in [1.165, 1.54) is 0 Å². The van der Waals surface area contributed by atoms with E-state index < -0.39 is 17.8 Å². The van der Waals surface area contributed by atoms with Crippen LogP contribution in [-0.4, -0.2) is 45.3 Å². The Balaban J connectivity index is 1.06. The van der Waals surface area contributed by atoms with Crippen LogP contribution in [0.2, 0.25) is 0 Å². The first-order valence-corrected chi connectivity index (χ1v) is 18.6. The first-order valence-electron chi connectivity index (χ1n) is 18.6. The lowest BCUT2D eigenvalue weighted by atomic mass is 9.79. The van der Waals surface area contributed by atoms with Crippen LogP contribution in [-0.2, 0) is 16.0 Å². The summed E-state index contributed by atoms with van der Waals surface area (Å²) in [6.07, 6.45) is 2.59. The van der Waals surface area contributed by atoms with Crippen molar-refractivity contribution in [1.82, 2.24) is 15.3 Å². The van der Waals surface area contributed by atoms with Gasteiger partial charge in [0.25, 0.3) is 0 Å². The van der Waals surface area contributed by atoms with Crippen LogP contribution in [0.1, 0.15) is 114 Å². The van der Waals surface area contributed by atoms with Crippen molar-refractivity contribution in [3.63, 3.8) is 0 Å². The number of nitrogens with one attached hydrogen (secondary N) is 2. The molecule has 52 heavy (non-hydrogen) atoms. The smallest absolute Gasteiger partial charge is 0.248 e. The Morgan fingerprint density at radius 1 is 0.846 bits per heavy atom. The molecule has 3 aliphatic rings. The molecule has 0 unspecified atom stereocenters. The highest BCUT2D eigenvalue weighted by molar-refractivity contribution is 6.00. The van der Waals surface area contributed by atoms with E-state index in [0.717, 1.165) is 45.2 Å². The molecular formula is C42H48F4N4O2. The van der Waals surface area contributed by atoms with Gasteiger partial charge in [-0.05, 0) is 79.0 Å². The van der Waals surface area contributed by atoms with Crippen LogP contribution in [0.5, 0.6) is 0 Å². The molecule has 2 fully saturated rings. The summed E-state index contributed by atoms with van der Waals surface area (Å²) in [6.45, 7) is 8.14. The number of halogens is 4. The van der Waals surface area contributed by atoms with E-state index in [2.05, 4.69) is 27.1 Å². The Bertz CT molecular complexity index is 1850.